The number of nitro groups is 1. The highest BCUT2D eigenvalue weighted by molar-refractivity contribution is 6.56. The van der Waals surface area contributed by atoms with Crippen molar-refractivity contribution in [2.24, 2.45) is 0 Å². The summed E-state index contributed by atoms with van der Waals surface area (Å²) in [7, 11) is 1.27. The van der Waals surface area contributed by atoms with Gasteiger partial charge in [0.15, 0.2) is 0 Å². The van der Waals surface area contributed by atoms with Crippen LogP contribution in [0.25, 0.3) is 11.1 Å². The van der Waals surface area contributed by atoms with E-state index >= 15 is 0 Å². The molecule has 0 fully saturated rings. The quantitative estimate of drug-likeness (QED) is 0.276. The molecule has 0 saturated heterocycles. The molecule has 0 amide bonds. The van der Waals surface area contributed by atoms with Crippen molar-refractivity contribution in [1.82, 2.24) is 4.98 Å². The fraction of sp³-hybridized carbons (Fsp3) is 0.0833. The summed E-state index contributed by atoms with van der Waals surface area (Å²) in [6.07, 6.45) is 1.31. The van der Waals surface area contributed by atoms with E-state index in [1.807, 2.05) is 0 Å². The van der Waals surface area contributed by atoms with Crippen LogP contribution < -0.4 is 4.74 Å². The second kappa shape index (κ2) is 6.64. The molecule has 0 atom stereocenters. The molecule has 0 N–H and O–H groups in total. The Hall–Kier alpha value is -0.980. The monoisotopic (exact) mass is 400 g/mol. The summed E-state index contributed by atoms with van der Waals surface area (Å²) in [6.45, 7) is 0. The second-order valence-electron chi connectivity index (χ2n) is 3.95. The van der Waals surface area contributed by atoms with Crippen LogP contribution in [0.1, 0.15) is 0 Å². The van der Waals surface area contributed by atoms with Gasteiger partial charge in [0.05, 0.1) is 37.1 Å². The van der Waals surface area contributed by atoms with Crippen molar-refractivity contribution in [2.75, 3.05) is 7.11 Å². The lowest BCUT2D eigenvalue weighted by Gasteiger charge is -2.12. The SMILES string of the molecule is COc1ncc(-c2c(Cl)c(Cl)c(Cl)c(Cl)c2Cl)cc1[N+](=O)[O-]. The topological polar surface area (TPSA) is 65.3 Å². The molecule has 5 nitrogen and oxygen atoms in total. The van der Waals surface area contributed by atoms with Gasteiger partial charge in [0.1, 0.15) is 0 Å². The Morgan fingerprint density at radius 1 is 1.05 bits per heavy atom. The Balaban J connectivity index is 2.78. The van der Waals surface area contributed by atoms with E-state index in [0.717, 1.165) is 0 Å². The lowest BCUT2D eigenvalue weighted by Crippen LogP contribution is -1.97. The number of halogens is 5. The molecule has 1 aromatic heterocycles. The van der Waals surface area contributed by atoms with Crippen LogP contribution in [0.3, 0.4) is 0 Å². The van der Waals surface area contributed by atoms with Gasteiger partial charge in [0.2, 0.25) is 0 Å². The van der Waals surface area contributed by atoms with Crippen LogP contribution in [-0.2, 0) is 0 Å². The summed E-state index contributed by atoms with van der Waals surface area (Å²) in [4.78, 5) is 14.3. The van der Waals surface area contributed by atoms with E-state index in [4.69, 9.17) is 62.7 Å². The normalized spacial score (nSPS) is 10.6. The number of methoxy groups -OCH3 is 1. The highest BCUT2D eigenvalue weighted by Crippen LogP contribution is 2.48. The number of benzene rings is 1. The lowest BCUT2D eigenvalue weighted by molar-refractivity contribution is -0.386. The van der Waals surface area contributed by atoms with E-state index < -0.39 is 4.92 Å². The Morgan fingerprint density at radius 2 is 1.55 bits per heavy atom. The number of pyridine rings is 1. The number of nitrogens with zero attached hydrogens (tertiary/aromatic N) is 2. The highest BCUT2D eigenvalue weighted by atomic mass is 35.5. The predicted octanol–water partition coefficient (Wildman–Crippen LogP) is 5.93. The van der Waals surface area contributed by atoms with Crippen molar-refractivity contribution < 1.29 is 9.66 Å². The van der Waals surface area contributed by atoms with Crippen LogP contribution in [0.5, 0.6) is 5.88 Å². The minimum atomic E-state index is -0.643. The summed E-state index contributed by atoms with van der Waals surface area (Å²) < 4.78 is 4.83. The number of rotatable bonds is 3. The van der Waals surface area contributed by atoms with Crippen molar-refractivity contribution in [3.8, 4) is 17.0 Å². The van der Waals surface area contributed by atoms with Crippen molar-refractivity contribution in [1.29, 1.82) is 0 Å². The summed E-state index contributed by atoms with van der Waals surface area (Å²) in [5.41, 5.74) is 0.0956. The van der Waals surface area contributed by atoms with Gasteiger partial charge in [-0.15, -0.1) is 0 Å². The Kier molecular flexibility index (Phi) is 5.25. The zero-order valence-corrected chi connectivity index (χ0v) is 14.4. The van der Waals surface area contributed by atoms with E-state index in [0.29, 0.717) is 0 Å². The molecule has 2 rings (SSSR count). The van der Waals surface area contributed by atoms with Crippen molar-refractivity contribution in [2.45, 2.75) is 0 Å². The molecular weight excluding hydrogens is 397 g/mol. The first kappa shape index (κ1) is 17.4. The Labute approximate surface area is 149 Å². The van der Waals surface area contributed by atoms with Crippen LogP contribution in [0, 0.1) is 10.1 Å². The molecule has 0 saturated carbocycles. The first-order valence-corrected chi connectivity index (χ1v) is 7.38. The molecule has 0 radical (unpaired) electrons. The van der Waals surface area contributed by atoms with Crippen LogP contribution in [0.2, 0.25) is 25.1 Å². The average molecular weight is 402 g/mol. The summed E-state index contributed by atoms with van der Waals surface area (Å²) in [5.74, 6) is -0.146. The number of hydrogen-bond donors (Lipinski definition) is 0. The molecular formula is C12H5Cl5N2O3. The van der Waals surface area contributed by atoms with Crippen molar-refractivity contribution in [3.63, 3.8) is 0 Å². The maximum Gasteiger partial charge on any atom is 0.331 e. The molecule has 0 aliphatic carbocycles. The molecule has 10 heteroatoms. The third-order valence-corrected chi connectivity index (χ3v) is 5.00. The molecule has 0 unspecified atom stereocenters. The first-order valence-electron chi connectivity index (χ1n) is 5.49. The van der Waals surface area contributed by atoms with Gasteiger partial charge in [-0.3, -0.25) is 10.1 Å². The average Bonchev–Trinajstić information content (AvgIpc) is 2.51. The molecule has 0 aliphatic heterocycles. The van der Waals surface area contributed by atoms with Gasteiger partial charge in [-0.25, -0.2) is 4.98 Å². The molecule has 0 spiro atoms. The third kappa shape index (κ3) is 2.92. The number of ether oxygens (including phenoxy) is 1. The molecule has 1 aromatic carbocycles. The summed E-state index contributed by atoms with van der Waals surface area (Å²) in [5, 5.41) is 11.1. The van der Waals surface area contributed by atoms with Gasteiger partial charge < -0.3 is 4.74 Å². The predicted molar refractivity (Wildman–Crippen MR) is 87.9 cm³/mol. The molecule has 0 bridgehead atoms. The van der Waals surface area contributed by atoms with Gasteiger partial charge in [-0.2, -0.15) is 0 Å². The maximum absolute atomic E-state index is 11.1. The minimum Gasteiger partial charge on any atom is -0.476 e. The fourth-order valence-corrected chi connectivity index (χ4v) is 3.08. The van der Waals surface area contributed by atoms with E-state index in [1.165, 1.54) is 19.4 Å². The van der Waals surface area contributed by atoms with Crippen LogP contribution in [0.15, 0.2) is 12.3 Å². The van der Waals surface area contributed by atoms with E-state index in [-0.39, 0.29) is 47.8 Å². The molecule has 116 valence electrons. The van der Waals surface area contributed by atoms with Gasteiger partial charge in [-0.1, -0.05) is 58.0 Å². The second-order valence-corrected chi connectivity index (χ2v) is 5.84. The van der Waals surface area contributed by atoms with Crippen molar-refractivity contribution >= 4 is 63.7 Å². The summed E-state index contributed by atoms with van der Waals surface area (Å²) in [6, 6.07) is 1.21. The molecule has 2 aromatic rings. The van der Waals surface area contributed by atoms with E-state index in [9.17, 15) is 10.1 Å². The molecule has 0 aliphatic rings. The van der Waals surface area contributed by atoms with Gasteiger partial charge >= 0.3 is 5.69 Å². The van der Waals surface area contributed by atoms with E-state index in [1.54, 1.807) is 0 Å². The van der Waals surface area contributed by atoms with Crippen molar-refractivity contribution in [3.05, 3.63) is 47.5 Å². The maximum atomic E-state index is 11.1. The molecule has 1 heterocycles. The van der Waals surface area contributed by atoms with Gasteiger partial charge in [-0.05, 0) is 0 Å². The first-order chi connectivity index (χ1) is 10.3. The Bertz CT molecular complexity index is 753. The highest BCUT2D eigenvalue weighted by Gasteiger charge is 2.24. The summed E-state index contributed by atoms with van der Waals surface area (Å²) >= 11 is 30.1. The van der Waals surface area contributed by atoms with Gasteiger partial charge in [0, 0.05) is 23.4 Å². The Morgan fingerprint density at radius 3 is 2.00 bits per heavy atom. The third-order valence-electron chi connectivity index (χ3n) is 2.72. The van der Waals surface area contributed by atoms with Crippen LogP contribution in [-0.4, -0.2) is 17.0 Å². The zero-order valence-electron chi connectivity index (χ0n) is 10.7. The standard InChI is InChI=1S/C12H5Cl5N2O3/c1-22-12-5(19(20)21)2-4(3-18-12)6-7(13)9(15)11(17)10(16)8(6)14/h2-3H,1H3. The van der Waals surface area contributed by atoms with Gasteiger partial charge in [0.25, 0.3) is 5.88 Å². The minimum absolute atomic E-state index is 0.00180. The number of hydrogen-bond acceptors (Lipinski definition) is 4. The molecule has 22 heavy (non-hydrogen) atoms. The van der Waals surface area contributed by atoms with Crippen LogP contribution in [0.4, 0.5) is 5.69 Å². The zero-order chi connectivity index (χ0) is 16.6. The van der Waals surface area contributed by atoms with E-state index in [2.05, 4.69) is 4.98 Å². The number of aromatic nitrogens is 1. The fourth-order valence-electron chi connectivity index (χ4n) is 1.72. The smallest absolute Gasteiger partial charge is 0.331 e. The van der Waals surface area contributed by atoms with Crippen LogP contribution >= 0.6 is 58.0 Å². The largest absolute Gasteiger partial charge is 0.476 e. The lowest BCUT2D eigenvalue weighted by atomic mass is 10.1.